The molecule has 0 saturated carbocycles. The van der Waals surface area contributed by atoms with Gasteiger partial charge in [0.2, 0.25) is 10.0 Å². The molecule has 1 aromatic carbocycles. The van der Waals surface area contributed by atoms with E-state index in [2.05, 4.69) is 10.0 Å². The molecular formula is C13H20Cl2N2O4S2. The summed E-state index contributed by atoms with van der Waals surface area (Å²) < 4.78 is 50.2. The molecule has 0 amide bonds. The van der Waals surface area contributed by atoms with Gasteiger partial charge in [0.15, 0.2) is 9.84 Å². The molecule has 0 bridgehead atoms. The lowest BCUT2D eigenvalue weighted by Gasteiger charge is -2.11. The molecule has 1 aliphatic heterocycles. The zero-order valence-corrected chi connectivity index (χ0v) is 15.8. The maximum atomic E-state index is 12.3. The van der Waals surface area contributed by atoms with Gasteiger partial charge < -0.3 is 5.32 Å². The van der Waals surface area contributed by atoms with Crippen molar-refractivity contribution in [3.63, 3.8) is 0 Å². The summed E-state index contributed by atoms with van der Waals surface area (Å²) in [5.74, 6) is 0.459. The first kappa shape index (κ1) is 20.7. The Morgan fingerprint density at radius 3 is 2.57 bits per heavy atom. The molecule has 6 nitrogen and oxygen atoms in total. The molecule has 10 heteroatoms. The Bertz CT molecular complexity index is 745. The predicted octanol–water partition coefficient (Wildman–Crippen LogP) is 1.44. The van der Waals surface area contributed by atoms with Gasteiger partial charge in [0.1, 0.15) is 4.90 Å². The molecule has 1 saturated heterocycles. The summed E-state index contributed by atoms with van der Waals surface area (Å²) in [6.45, 7) is 2.15. The van der Waals surface area contributed by atoms with Gasteiger partial charge in [0.05, 0.1) is 9.92 Å². The number of nitrogens with one attached hydrogen (secondary N) is 2. The molecule has 1 unspecified atom stereocenters. The molecule has 132 valence electrons. The third-order valence-electron chi connectivity index (χ3n) is 3.63. The fourth-order valence-electron chi connectivity index (χ4n) is 2.36. The lowest BCUT2D eigenvalue weighted by Crippen LogP contribution is -2.27. The molecule has 2 N–H and O–H groups in total. The van der Waals surface area contributed by atoms with Crippen LogP contribution in [-0.4, -0.2) is 42.7 Å². The van der Waals surface area contributed by atoms with Crippen molar-refractivity contribution in [1.82, 2.24) is 10.0 Å². The number of hydrogen-bond acceptors (Lipinski definition) is 5. The molecule has 0 spiro atoms. The molecule has 0 aromatic heterocycles. The summed E-state index contributed by atoms with van der Waals surface area (Å²) >= 11 is 5.91. The second kappa shape index (κ2) is 8.13. The van der Waals surface area contributed by atoms with Gasteiger partial charge in [-0.15, -0.1) is 12.4 Å². The van der Waals surface area contributed by atoms with Gasteiger partial charge in [-0.3, -0.25) is 0 Å². The molecule has 2 rings (SSSR count). The first-order chi connectivity index (χ1) is 10.2. The topological polar surface area (TPSA) is 92.3 Å². The van der Waals surface area contributed by atoms with E-state index in [1.54, 1.807) is 0 Å². The quantitative estimate of drug-likeness (QED) is 0.750. The fourth-order valence-corrected chi connectivity index (χ4v) is 4.65. The summed E-state index contributed by atoms with van der Waals surface area (Å²) in [6.07, 6.45) is 2.79. The minimum absolute atomic E-state index is 0. The average molecular weight is 403 g/mol. The van der Waals surface area contributed by atoms with E-state index in [-0.39, 0.29) is 27.2 Å². The lowest BCUT2D eigenvalue weighted by molar-refractivity contribution is 0.519. The van der Waals surface area contributed by atoms with E-state index in [4.69, 9.17) is 11.6 Å². The van der Waals surface area contributed by atoms with Gasteiger partial charge in [-0.25, -0.2) is 21.6 Å². The Balaban J connectivity index is 0.00000264. The molecule has 23 heavy (non-hydrogen) atoms. The van der Waals surface area contributed by atoms with Gasteiger partial charge >= 0.3 is 0 Å². The zero-order chi connectivity index (χ0) is 16.4. The number of sulfonamides is 1. The van der Waals surface area contributed by atoms with Crippen molar-refractivity contribution in [2.24, 2.45) is 5.92 Å². The van der Waals surface area contributed by atoms with E-state index >= 15 is 0 Å². The van der Waals surface area contributed by atoms with E-state index in [0.717, 1.165) is 38.3 Å². The summed E-state index contributed by atoms with van der Waals surface area (Å²) in [7, 11) is -7.33. The van der Waals surface area contributed by atoms with Crippen LogP contribution in [0.1, 0.15) is 12.8 Å². The zero-order valence-electron chi connectivity index (χ0n) is 12.6. The predicted molar refractivity (Wildman–Crippen MR) is 92.6 cm³/mol. The minimum atomic E-state index is -3.83. The second-order valence-corrected chi connectivity index (χ2v) is 9.57. The molecular weight excluding hydrogens is 383 g/mol. The van der Waals surface area contributed by atoms with Crippen LogP contribution in [0.2, 0.25) is 5.02 Å². The number of rotatable bonds is 6. The molecule has 0 radical (unpaired) electrons. The minimum Gasteiger partial charge on any atom is -0.316 e. The van der Waals surface area contributed by atoms with Gasteiger partial charge in [-0.05, 0) is 50.0 Å². The summed E-state index contributed by atoms with van der Waals surface area (Å²) in [4.78, 5) is -0.279. The summed E-state index contributed by atoms with van der Waals surface area (Å²) in [6, 6.07) is 3.67. The molecule has 0 aliphatic carbocycles. The van der Waals surface area contributed by atoms with Crippen molar-refractivity contribution in [2.45, 2.75) is 22.6 Å². The van der Waals surface area contributed by atoms with Crippen molar-refractivity contribution in [3.05, 3.63) is 23.2 Å². The van der Waals surface area contributed by atoms with Crippen LogP contribution in [0.5, 0.6) is 0 Å². The van der Waals surface area contributed by atoms with Crippen LogP contribution in [0, 0.1) is 5.92 Å². The van der Waals surface area contributed by atoms with Gasteiger partial charge in [-0.2, -0.15) is 0 Å². The largest absolute Gasteiger partial charge is 0.316 e. The third-order valence-corrected chi connectivity index (χ3v) is 6.68. The van der Waals surface area contributed by atoms with Gasteiger partial charge in [0.25, 0.3) is 0 Å². The van der Waals surface area contributed by atoms with Crippen LogP contribution in [0.4, 0.5) is 0 Å². The first-order valence-electron chi connectivity index (χ1n) is 6.90. The van der Waals surface area contributed by atoms with Crippen molar-refractivity contribution in [1.29, 1.82) is 0 Å². The average Bonchev–Trinajstić information content (AvgIpc) is 2.90. The normalized spacial score (nSPS) is 18.6. The van der Waals surface area contributed by atoms with E-state index in [9.17, 15) is 16.8 Å². The summed E-state index contributed by atoms with van der Waals surface area (Å²) in [5.41, 5.74) is 0. The van der Waals surface area contributed by atoms with Crippen molar-refractivity contribution < 1.29 is 16.8 Å². The number of sulfone groups is 1. The van der Waals surface area contributed by atoms with Gasteiger partial charge in [0, 0.05) is 12.8 Å². The van der Waals surface area contributed by atoms with E-state index in [1.807, 2.05) is 0 Å². The number of hydrogen-bond donors (Lipinski definition) is 2. The van der Waals surface area contributed by atoms with Crippen molar-refractivity contribution >= 4 is 43.9 Å². The maximum absolute atomic E-state index is 12.3. The molecule has 1 aliphatic rings. The van der Waals surface area contributed by atoms with Crippen LogP contribution < -0.4 is 10.0 Å². The number of halogens is 2. The van der Waals surface area contributed by atoms with Crippen LogP contribution in [-0.2, 0) is 19.9 Å². The highest BCUT2D eigenvalue weighted by Crippen LogP contribution is 2.25. The van der Waals surface area contributed by atoms with Crippen molar-refractivity contribution in [2.75, 3.05) is 25.9 Å². The Labute approximate surface area is 148 Å². The Kier molecular flexibility index (Phi) is 7.31. The summed E-state index contributed by atoms with van der Waals surface area (Å²) in [5, 5.41) is 3.22. The molecule has 1 atom stereocenters. The van der Waals surface area contributed by atoms with Crippen LogP contribution in [0.25, 0.3) is 0 Å². The highest BCUT2D eigenvalue weighted by Gasteiger charge is 2.21. The standard InChI is InChI=1S/C13H19ClN2O4S2.ClH/c1-21(17,18)11-2-3-12(14)13(8-11)22(19,20)16-7-5-10-4-6-15-9-10;/h2-3,8,10,15-16H,4-7,9H2,1H3;1H. The molecule has 1 heterocycles. The van der Waals surface area contributed by atoms with E-state index < -0.39 is 19.9 Å². The van der Waals surface area contributed by atoms with Crippen LogP contribution in [0.15, 0.2) is 28.0 Å². The number of benzene rings is 1. The maximum Gasteiger partial charge on any atom is 0.242 e. The van der Waals surface area contributed by atoms with E-state index in [1.165, 1.54) is 12.1 Å². The molecule has 1 aromatic rings. The Hall–Kier alpha value is -0.380. The molecule has 1 fully saturated rings. The van der Waals surface area contributed by atoms with Crippen molar-refractivity contribution in [3.8, 4) is 0 Å². The first-order valence-corrected chi connectivity index (χ1v) is 10.7. The fraction of sp³-hybridized carbons (Fsp3) is 0.538. The monoisotopic (exact) mass is 402 g/mol. The highest BCUT2D eigenvalue weighted by molar-refractivity contribution is 7.91. The Morgan fingerprint density at radius 1 is 1.30 bits per heavy atom. The highest BCUT2D eigenvalue weighted by atomic mass is 35.5. The third kappa shape index (κ3) is 5.58. The lowest BCUT2D eigenvalue weighted by atomic mass is 10.1. The second-order valence-electron chi connectivity index (χ2n) is 5.41. The van der Waals surface area contributed by atoms with Crippen LogP contribution >= 0.6 is 24.0 Å². The smallest absolute Gasteiger partial charge is 0.242 e. The Morgan fingerprint density at radius 2 is 2.00 bits per heavy atom. The van der Waals surface area contributed by atoms with Crippen LogP contribution in [0.3, 0.4) is 0 Å². The SMILES string of the molecule is CS(=O)(=O)c1ccc(Cl)c(S(=O)(=O)NCCC2CCNC2)c1.Cl. The van der Waals surface area contributed by atoms with E-state index in [0.29, 0.717) is 12.5 Å². The van der Waals surface area contributed by atoms with Gasteiger partial charge in [-0.1, -0.05) is 11.6 Å².